The first-order valence-electron chi connectivity index (χ1n) is 6.00. The minimum atomic E-state index is 0.0546. The van der Waals surface area contributed by atoms with Gasteiger partial charge in [0.1, 0.15) is 0 Å². The smallest absolute Gasteiger partial charge is 0.254 e. The molecule has 0 aliphatic heterocycles. The number of pyridine rings is 1. The molecule has 0 aliphatic rings. The zero-order chi connectivity index (χ0) is 12.8. The molecule has 17 heavy (non-hydrogen) atoms. The van der Waals surface area contributed by atoms with Crippen molar-refractivity contribution in [1.82, 2.24) is 9.88 Å². The van der Waals surface area contributed by atoms with Gasteiger partial charge in [0.2, 0.25) is 0 Å². The molecule has 1 heterocycles. The Morgan fingerprint density at radius 1 is 1.53 bits per heavy atom. The Hall–Kier alpha value is -1.42. The predicted molar refractivity (Wildman–Crippen MR) is 68.8 cm³/mol. The third-order valence-electron chi connectivity index (χ3n) is 2.63. The molecule has 4 nitrogen and oxygen atoms in total. The van der Waals surface area contributed by atoms with Gasteiger partial charge in [0.15, 0.2) is 0 Å². The first-order valence-corrected chi connectivity index (χ1v) is 6.00. The molecule has 1 rings (SSSR count). The Bertz CT molecular complexity index is 377. The number of carbonyl (C=O) groups is 1. The Balaban J connectivity index is 2.84. The molecule has 0 atom stereocenters. The molecule has 1 aromatic rings. The number of carbonyl (C=O) groups excluding carboxylic acids is 1. The maximum atomic E-state index is 12.3. The molecular formula is C13H21N3O. The molecule has 0 aliphatic carbocycles. The topological polar surface area (TPSA) is 59.2 Å². The highest BCUT2D eigenvalue weighted by molar-refractivity contribution is 5.94. The Morgan fingerprint density at radius 2 is 2.24 bits per heavy atom. The van der Waals surface area contributed by atoms with Crippen LogP contribution >= 0.6 is 0 Å². The van der Waals surface area contributed by atoms with Crippen molar-refractivity contribution in [2.75, 3.05) is 13.1 Å². The summed E-state index contributed by atoms with van der Waals surface area (Å²) in [6.45, 7) is 7.22. The standard InChI is InChI=1S/C13H21N3O/c1-10(2)16(8-4-6-14)13(17)12-5-7-15-11(3)9-12/h5,7,9-10H,4,6,8,14H2,1-3H3. The minimum Gasteiger partial charge on any atom is -0.336 e. The molecule has 0 saturated carbocycles. The minimum absolute atomic E-state index is 0.0546. The molecule has 94 valence electrons. The first-order chi connectivity index (χ1) is 8.06. The highest BCUT2D eigenvalue weighted by atomic mass is 16.2. The van der Waals surface area contributed by atoms with Crippen LogP contribution in [0.4, 0.5) is 0 Å². The molecule has 0 saturated heterocycles. The maximum absolute atomic E-state index is 12.3. The highest BCUT2D eigenvalue weighted by Gasteiger charge is 2.18. The largest absolute Gasteiger partial charge is 0.336 e. The van der Waals surface area contributed by atoms with Crippen molar-refractivity contribution in [3.63, 3.8) is 0 Å². The number of hydrogen-bond acceptors (Lipinski definition) is 3. The summed E-state index contributed by atoms with van der Waals surface area (Å²) in [6.07, 6.45) is 2.50. The van der Waals surface area contributed by atoms with E-state index in [2.05, 4.69) is 4.98 Å². The van der Waals surface area contributed by atoms with Gasteiger partial charge < -0.3 is 10.6 Å². The summed E-state index contributed by atoms with van der Waals surface area (Å²) in [4.78, 5) is 18.2. The van der Waals surface area contributed by atoms with Gasteiger partial charge in [-0.3, -0.25) is 9.78 Å². The van der Waals surface area contributed by atoms with Gasteiger partial charge in [-0.15, -0.1) is 0 Å². The van der Waals surface area contributed by atoms with E-state index in [1.165, 1.54) is 0 Å². The van der Waals surface area contributed by atoms with Crippen molar-refractivity contribution in [3.05, 3.63) is 29.6 Å². The monoisotopic (exact) mass is 235 g/mol. The lowest BCUT2D eigenvalue weighted by molar-refractivity contribution is 0.0704. The number of aromatic nitrogens is 1. The normalized spacial score (nSPS) is 10.6. The molecule has 4 heteroatoms. The Morgan fingerprint density at radius 3 is 2.76 bits per heavy atom. The van der Waals surface area contributed by atoms with E-state index < -0.39 is 0 Å². The van der Waals surface area contributed by atoms with Crippen molar-refractivity contribution in [2.24, 2.45) is 5.73 Å². The van der Waals surface area contributed by atoms with Gasteiger partial charge in [0.25, 0.3) is 5.91 Å². The fourth-order valence-electron chi connectivity index (χ4n) is 1.70. The molecule has 0 radical (unpaired) electrons. The van der Waals surface area contributed by atoms with Crippen LogP contribution in [0.5, 0.6) is 0 Å². The molecule has 1 amide bonds. The maximum Gasteiger partial charge on any atom is 0.254 e. The second kappa shape index (κ2) is 6.35. The molecular weight excluding hydrogens is 214 g/mol. The molecule has 0 spiro atoms. The Kier molecular flexibility index (Phi) is 5.10. The van der Waals surface area contributed by atoms with Gasteiger partial charge in [0.05, 0.1) is 0 Å². The Labute approximate surface area is 103 Å². The van der Waals surface area contributed by atoms with E-state index in [0.29, 0.717) is 18.7 Å². The number of hydrogen-bond donors (Lipinski definition) is 1. The predicted octanol–water partition coefficient (Wildman–Crippen LogP) is 1.59. The number of nitrogens with zero attached hydrogens (tertiary/aromatic N) is 2. The first kappa shape index (κ1) is 13.6. The number of amides is 1. The summed E-state index contributed by atoms with van der Waals surface area (Å²) in [7, 11) is 0. The van der Waals surface area contributed by atoms with Gasteiger partial charge in [-0.05, 0) is 45.9 Å². The third kappa shape index (κ3) is 3.82. The van der Waals surface area contributed by atoms with E-state index in [9.17, 15) is 4.79 Å². The average molecular weight is 235 g/mol. The average Bonchev–Trinajstić information content (AvgIpc) is 2.29. The summed E-state index contributed by atoms with van der Waals surface area (Å²) < 4.78 is 0. The second-order valence-corrected chi connectivity index (χ2v) is 4.42. The highest BCUT2D eigenvalue weighted by Crippen LogP contribution is 2.09. The summed E-state index contributed by atoms with van der Waals surface area (Å²) in [5, 5.41) is 0. The molecule has 1 aromatic heterocycles. The fraction of sp³-hybridized carbons (Fsp3) is 0.538. The quantitative estimate of drug-likeness (QED) is 0.843. The van der Waals surface area contributed by atoms with Crippen LogP contribution in [0.25, 0.3) is 0 Å². The summed E-state index contributed by atoms with van der Waals surface area (Å²) in [5.74, 6) is 0.0546. The zero-order valence-corrected chi connectivity index (χ0v) is 10.8. The van der Waals surface area contributed by atoms with Crippen molar-refractivity contribution in [1.29, 1.82) is 0 Å². The lowest BCUT2D eigenvalue weighted by atomic mass is 10.1. The second-order valence-electron chi connectivity index (χ2n) is 4.42. The van der Waals surface area contributed by atoms with E-state index in [4.69, 9.17) is 5.73 Å². The van der Waals surface area contributed by atoms with Crippen LogP contribution < -0.4 is 5.73 Å². The molecule has 0 fully saturated rings. The van der Waals surface area contributed by atoms with E-state index in [-0.39, 0.29) is 11.9 Å². The molecule has 0 aromatic carbocycles. The van der Waals surface area contributed by atoms with E-state index >= 15 is 0 Å². The molecule has 0 bridgehead atoms. The number of aryl methyl sites for hydroxylation is 1. The number of nitrogens with two attached hydrogens (primary N) is 1. The third-order valence-corrected chi connectivity index (χ3v) is 2.63. The zero-order valence-electron chi connectivity index (χ0n) is 10.8. The van der Waals surface area contributed by atoms with Gasteiger partial charge in [-0.2, -0.15) is 0 Å². The molecule has 0 unspecified atom stereocenters. The van der Waals surface area contributed by atoms with Crippen LogP contribution in [0.15, 0.2) is 18.3 Å². The number of rotatable bonds is 5. The van der Waals surface area contributed by atoms with Gasteiger partial charge in [-0.1, -0.05) is 0 Å². The van der Waals surface area contributed by atoms with Crippen LogP contribution in [0.2, 0.25) is 0 Å². The van der Waals surface area contributed by atoms with Crippen LogP contribution in [-0.4, -0.2) is 34.9 Å². The van der Waals surface area contributed by atoms with E-state index in [1.807, 2.05) is 31.7 Å². The van der Waals surface area contributed by atoms with Crippen molar-refractivity contribution >= 4 is 5.91 Å². The van der Waals surface area contributed by atoms with Crippen molar-refractivity contribution < 1.29 is 4.79 Å². The van der Waals surface area contributed by atoms with Gasteiger partial charge in [0, 0.05) is 30.0 Å². The van der Waals surface area contributed by atoms with Crippen LogP contribution in [0.1, 0.15) is 36.3 Å². The summed E-state index contributed by atoms with van der Waals surface area (Å²) >= 11 is 0. The van der Waals surface area contributed by atoms with Gasteiger partial charge in [-0.25, -0.2) is 0 Å². The molecule has 2 N–H and O–H groups in total. The summed E-state index contributed by atoms with van der Waals surface area (Å²) in [6, 6.07) is 3.76. The van der Waals surface area contributed by atoms with Crippen LogP contribution in [0.3, 0.4) is 0 Å². The lowest BCUT2D eigenvalue weighted by Gasteiger charge is -2.26. The fourth-order valence-corrected chi connectivity index (χ4v) is 1.70. The van der Waals surface area contributed by atoms with Gasteiger partial charge >= 0.3 is 0 Å². The summed E-state index contributed by atoms with van der Waals surface area (Å²) in [5.41, 5.74) is 7.05. The lowest BCUT2D eigenvalue weighted by Crippen LogP contribution is -2.38. The van der Waals surface area contributed by atoms with Crippen molar-refractivity contribution in [2.45, 2.75) is 33.2 Å². The van der Waals surface area contributed by atoms with Crippen molar-refractivity contribution in [3.8, 4) is 0 Å². The van der Waals surface area contributed by atoms with E-state index in [1.54, 1.807) is 12.3 Å². The van der Waals surface area contributed by atoms with Crippen LogP contribution in [0, 0.1) is 6.92 Å². The SMILES string of the molecule is Cc1cc(C(=O)N(CCCN)C(C)C)ccn1. The van der Waals surface area contributed by atoms with Crippen LogP contribution in [-0.2, 0) is 0 Å². The van der Waals surface area contributed by atoms with E-state index in [0.717, 1.165) is 12.1 Å².